The molecule has 26 heavy (non-hydrogen) atoms. The molecule has 0 aliphatic carbocycles. The summed E-state index contributed by atoms with van der Waals surface area (Å²) in [7, 11) is 1.59. The number of amides is 1. The van der Waals surface area contributed by atoms with Crippen molar-refractivity contribution in [3.05, 3.63) is 34.8 Å². The normalized spacial score (nSPS) is 11.1. The van der Waals surface area contributed by atoms with Gasteiger partial charge in [0.25, 0.3) is 0 Å². The number of ether oxygens (including phenoxy) is 2. The summed E-state index contributed by atoms with van der Waals surface area (Å²) in [5, 5.41) is 12.5. The van der Waals surface area contributed by atoms with Crippen LogP contribution in [0.4, 0.5) is 5.13 Å². The van der Waals surface area contributed by atoms with Crippen LogP contribution in [0, 0.1) is 0 Å². The number of carbonyl (C=O) groups excluding carboxylic acids is 1. The van der Waals surface area contributed by atoms with Gasteiger partial charge < -0.3 is 9.47 Å². The highest BCUT2D eigenvalue weighted by Crippen LogP contribution is 2.29. The van der Waals surface area contributed by atoms with Crippen molar-refractivity contribution in [1.82, 2.24) is 10.2 Å². The zero-order chi connectivity index (χ0) is 18.9. The van der Waals surface area contributed by atoms with E-state index in [4.69, 9.17) is 9.47 Å². The Labute approximate surface area is 158 Å². The van der Waals surface area contributed by atoms with Crippen molar-refractivity contribution in [1.29, 1.82) is 0 Å². The van der Waals surface area contributed by atoms with Crippen molar-refractivity contribution in [2.45, 2.75) is 39.5 Å². The van der Waals surface area contributed by atoms with E-state index >= 15 is 0 Å². The van der Waals surface area contributed by atoms with Gasteiger partial charge in [0, 0.05) is 12.0 Å². The van der Waals surface area contributed by atoms with Crippen LogP contribution in [0.25, 0.3) is 6.08 Å². The second-order valence-electron chi connectivity index (χ2n) is 5.62. The molecule has 2 aromatic rings. The molecule has 0 saturated heterocycles. The molecule has 0 unspecified atom stereocenters. The number of nitrogens with one attached hydrogen (secondary N) is 1. The standard InChI is InChI=1S/C19H25N3O3S/c1-5-14(6-2)18-21-22-19(26-18)20-17(23)11-9-13-8-10-15(25-7-3)16(12-13)24-4/h8-12,14H,5-7H2,1-4H3,(H,20,22,23)/b11-9+. The van der Waals surface area contributed by atoms with E-state index in [2.05, 4.69) is 29.4 Å². The lowest BCUT2D eigenvalue weighted by atomic mass is 10.1. The summed E-state index contributed by atoms with van der Waals surface area (Å²) >= 11 is 1.43. The molecule has 1 aromatic heterocycles. The van der Waals surface area contributed by atoms with Crippen LogP contribution >= 0.6 is 11.3 Å². The molecule has 0 fully saturated rings. The molecule has 0 bridgehead atoms. The lowest BCUT2D eigenvalue weighted by molar-refractivity contribution is -0.111. The minimum absolute atomic E-state index is 0.245. The van der Waals surface area contributed by atoms with Gasteiger partial charge in [-0.15, -0.1) is 10.2 Å². The molecular weight excluding hydrogens is 350 g/mol. The molecule has 1 heterocycles. The molecule has 1 amide bonds. The molecule has 0 aliphatic rings. The van der Waals surface area contributed by atoms with Gasteiger partial charge in [0.05, 0.1) is 13.7 Å². The van der Waals surface area contributed by atoms with E-state index in [-0.39, 0.29) is 5.91 Å². The zero-order valence-electron chi connectivity index (χ0n) is 15.6. The van der Waals surface area contributed by atoms with Gasteiger partial charge in [-0.1, -0.05) is 31.3 Å². The van der Waals surface area contributed by atoms with E-state index in [1.807, 2.05) is 25.1 Å². The van der Waals surface area contributed by atoms with Gasteiger partial charge in [-0.2, -0.15) is 0 Å². The Bertz CT molecular complexity index is 754. The zero-order valence-corrected chi connectivity index (χ0v) is 16.4. The van der Waals surface area contributed by atoms with Crippen molar-refractivity contribution >= 4 is 28.5 Å². The highest BCUT2D eigenvalue weighted by Gasteiger charge is 2.14. The minimum Gasteiger partial charge on any atom is -0.493 e. The quantitative estimate of drug-likeness (QED) is 0.653. The Balaban J connectivity index is 2.01. The van der Waals surface area contributed by atoms with Crippen LogP contribution < -0.4 is 14.8 Å². The SMILES string of the molecule is CCOc1ccc(/C=C/C(=O)Nc2nnc(C(CC)CC)s2)cc1OC. The monoisotopic (exact) mass is 375 g/mol. The van der Waals surface area contributed by atoms with E-state index in [1.54, 1.807) is 13.2 Å². The predicted octanol–water partition coefficient (Wildman–Crippen LogP) is 4.50. The second-order valence-corrected chi connectivity index (χ2v) is 6.63. The van der Waals surface area contributed by atoms with E-state index in [0.717, 1.165) is 23.4 Å². The summed E-state index contributed by atoms with van der Waals surface area (Å²) in [4.78, 5) is 12.1. The molecule has 0 saturated carbocycles. The number of benzene rings is 1. The molecule has 1 N–H and O–H groups in total. The van der Waals surface area contributed by atoms with Crippen molar-refractivity contribution in [2.75, 3.05) is 19.0 Å². The van der Waals surface area contributed by atoms with Crippen molar-refractivity contribution < 1.29 is 14.3 Å². The first-order valence-electron chi connectivity index (χ1n) is 8.74. The summed E-state index contributed by atoms with van der Waals surface area (Å²) in [6.45, 7) is 6.73. The molecule has 0 spiro atoms. The van der Waals surface area contributed by atoms with Gasteiger partial charge in [0.2, 0.25) is 11.0 Å². The number of hydrogen-bond acceptors (Lipinski definition) is 6. The first-order chi connectivity index (χ1) is 12.6. The molecule has 0 aliphatic heterocycles. The topological polar surface area (TPSA) is 73.3 Å². The molecule has 1 aromatic carbocycles. The van der Waals surface area contributed by atoms with E-state index in [1.165, 1.54) is 17.4 Å². The Hall–Kier alpha value is -2.41. The number of aromatic nitrogens is 2. The fourth-order valence-corrected chi connectivity index (χ4v) is 3.48. The smallest absolute Gasteiger partial charge is 0.250 e. The van der Waals surface area contributed by atoms with E-state index in [9.17, 15) is 4.79 Å². The number of nitrogens with zero attached hydrogens (tertiary/aromatic N) is 2. The average Bonchev–Trinajstić information content (AvgIpc) is 3.10. The van der Waals surface area contributed by atoms with Crippen LogP contribution in [0.5, 0.6) is 11.5 Å². The lowest BCUT2D eigenvalue weighted by Crippen LogP contribution is -2.07. The van der Waals surface area contributed by atoms with Crippen LogP contribution in [0.15, 0.2) is 24.3 Å². The van der Waals surface area contributed by atoms with Gasteiger partial charge in [-0.3, -0.25) is 10.1 Å². The van der Waals surface area contributed by atoms with Crippen molar-refractivity contribution in [3.8, 4) is 11.5 Å². The van der Waals surface area contributed by atoms with Gasteiger partial charge >= 0.3 is 0 Å². The first-order valence-corrected chi connectivity index (χ1v) is 9.56. The predicted molar refractivity (Wildman–Crippen MR) is 105 cm³/mol. The Kier molecular flexibility index (Phi) is 7.59. The van der Waals surface area contributed by atoms with Gasteiger partial charge in [-0.25, -0.2) is 0 Å². The van der Waals surface area contributed by atoms with Crippen LogP contribution in [-0.4, -0.2) is 29.8 Å². The van der Waals surface area contributed by atoms with Gasteiger partial charge in [0.1, 0.15) is 5.01 Å². The molecule has 140 valence electrons. The Morgan fingerprint density at radius 1 is 1.23 bits per heavy atom. The maximum absolute atomic E-state index is 12.1. The second kappa shape index (κ2) is 9.91. The summed E-state index contributed by atoms with van der Waals surface area (Å²) in [6.07, 6.45) is 5.21. The summed E-state index contributed by atoms with van der Waals surface area (Å²) in [5.74, 6) is 1.46. The highest BCUT2D eigenvalue weighted by atomic mass is 32.1. The number of anilines is 1. The number of hydrogen-bond donors (Lipinski definition) is 1. The first kappa shape index (κ1) is 19.9. The summed E-state index contributed by atoms with van der Waals surface area (Å²) < 4.78 is 10.8. The molecule has 7 heteroatoms. The van der Waals surface area contributed by atoms with E-state index < -0.39 is 0 Å². The molecule has 0 radical (unpaired) electrons. The van der Waals surface area contributed by atoms with Crippen molar-refractivity contribution in [3.63, 3.8) is 0 Å². The molecule has 2 rings (SSSR count). The molecule has 0 atom stereocenters. The van der Waals surface area contributed by atoms with Crippen LogP contribution in [0.2, 0.25) is 0 Å². The third kappa shape index (κ3) is 5.29. The minimum atomic E-state index is -0.245. The fourth-order valence-electron chi connectivity index (χ4n) is 2.47. The van der Waals surface area contributed by atoms with Crippen LogP contribution in [0.3, 0.4) is 0 Å². The fraction of sp³-hybridized carbons (Fsp3) is 0.421. The summed E-state index contributed by atoms with van der Waals surface area (Å²) in [6, 6.07) is 5.52. The third-order valence-electron chi connectivity index (χ3n) is 3.92. The highest BCUT2D eigenvalue weighted by molar-refractivity contribution is 7.15. The molecular formula is C19H25N3O3S. The van der Waals surface area contributed by atoms with Gasteiger partial charge in [-0.05, 0) is 43.5 Å². The Morgan fingerprint density at radius 2 is 2.00 bits per heavy atom. The summed E-state index contributed by atoms with van der Waals surface area (Å²) in [5.41, 5.74) is 0.843. The number of rotatable bonds is 9. The maximum atomic E-state index is 12.1. The maximum Gasteiger partial charge on any atom is 0.250 e. The average molecular weight is 375 g/mol. The molecule has 6 nitrogen and oxygen atoms in total. The van der Waals surface area contributed by atoms with E-state index in [0.29, 0.717) is 29.2 Å². The van der Waals surface area contributed by atoms with Crippen molar-refractivity contribution in [2.24, 2.45) is 0 Å². The van der Waals surface area contributed by atoms with Gasteiger partial charge in [0.15, 0.2) is 11.5 Å². The largest absolute Gasteiger partial charge is 0.493 e. The lowest BCUT2D eigenvalue weighted by Gasteiger charge is -2.09. The number of carbonyl (C=O) groups is 1. The third-order valence-corrected chi connectivity index (χ3v) is 4.92. The van der Waals surface area contributed by atoms with Crippen LogP contribution in [0.1, 0.15) is 50.1 Å². The Morgan fingerprint density at radius 3 is 2.65 bits per heavy atom. The number of methoxy groups -OCH3 is 1. The van der Waals surface area contributed by atoms with Crippen LogP contribution in [-0.2, 0) is 4.79 Å².